The number of nitrogens with zero attached hydrogens (tertiary/aromatic N) is 3. The molecule has 3 unspecified atom stereocenters. The first-order valence-corrected chi connectivity index (χ1v) is 14.3. The Labute approximate surface area is 248 Å². The third kappa shape index (κ3) is 6.96. The maximum atomic E-state index is 13.5. The van der Waals surface area contributed by atoms with Crippen molar-refractivity contribution in [3.8, 4) is 0 Å². The van der Waals surface area contributed by atoms with E-state index in [-0.39, 0.29) is 30.3 Å². The molecule has 1 spiro atoms. The molecule has 2 aromatic carbocycles. The molecule has 2 saturated heterocycles. The summed E-state index contributed by atoms with van der Waals surface area (Å²) >= 11 is 0. The van der Waals surface area contributed by atoms with Gasteiger partial charge in [0.1, 0.15) is 17.8 Å². The lowest BCUT2D eigenvalue weighted by Crippen LogP contribution is -2.53. The largest absolute Gasteiger partial charge is 0.480 e. The number of para-hydroxylation sites is 2. The summed E-state index contributed by atoms with van der Waals surface area (Å²) in [5, 5.41) is 18.3. The number of likely N-dealkylation sites (tertiary alicyclic amines) is 1. The molecular weight excluding hydrogens is 552 g/mol. The van der Waals surface area contributed by atoms with Crippen molar-refractivity contribution >= 4 is 40.6 Å². The van der Waals surface area contributed by atoms with Crippen molar-refractivity contribution in [2.75, 3.05) is 13.1 Å². The molecule has 0 radical (unpaired) electrons. The number of carboxylic acids is 1. The van der Waals surface area contributed by atoms with Crippen LogP contribution in [0.3, 0.4) is 0 Å². The number of amides is 4. The third-order valence-corrected chi connectivity index (χ3v) is 8.28. The van der Waals surface area contributed by atoms with Gasteiger partial charge in [0, 0.05) is 37.9 Å². The predicted molar refractivity (Wildman–Crippen MR) is 156 cm³/mol. The molecule has 3 atom stereocenters. The van der Waals surface area contributed by atoms with Gasteiger partial charge in [-0.3, -0.25) is 24.2 Å². The lowest BCUT2D eigenvalue weighted by Gasteiger charge is -2.39. The number of hydrogen-bond donors (Lipinski definition) is 4. The summed E-state index contributed by atoms with van der Waals surface area (Å²) in [4.78, 5) is 74.0. The Balaban J connectivity index is 1.29. The number of rotatable bonds is 9. The minimum atomic E-state index is -1.36. The second-order valence-corrected chi connectivity index (χ2v) is 11.3. The van der Waals surface area contributed by atoms with E-state index in [2.05, 4.69) is 25.9 Å². The van der Waals surface area contributed by atoms with Gasteiger partial charge >= 0.3 is 5.97 Å². The maximum Gasteiger partial charge on any atom is 0.326 e. The molecular formula is C31H34N6O6. The van der Waals surface area contributed by atoms with Gasteiger partial charge in [0.15, 0.2) is 0 Å². The van der Waals surface area contributed by atoms with E-state index in [1.165, 1.54) is 13.1 Å². The van der Waals surface area contributed by atoms with Crippen LogP contribution in [0, 0.1) is 5.92 Å². The molecule has 3 heterocycles. The Hall–Kier alpha value is -4.87. The molecule has 0 saturated carbocycles. The minimum absolute atomic E-state index is 0.0168. The van der Waals surface area contributed by atoms with Crippen LogP contribution in [0.4, 0.5) is 0 Å². The van der Waals surface area contributed by atoms with Crippen molar-refractivity contribution < 1.29 is 29.1 Å². The smallest absolute Gasteiger partial charge is 0.326 e. The number of piperidine rings is 1. The van der Waals surface area contributed by atoms with E-state index in [9.17, 15) is 29.1 Å². The van der Waals surface area contributed by atoms with E-state index in [0.29, 0.717) is 43.4 Å². The Morgan fingerprint density at radius 1 is 1.00 bits per heavy atom. The summed E-state index contributed by atoms with van der Waals surface area (Å²) in [5.41, 5.74) is 1.41. The van der Waals surface area contributed by atoms with E-state index in [0.717, 1.165) is 5.56 Å². The fourth-order valence-electron chi connectivity index (χ4n) is 5.88. The second-order valence-electron chi connectivity index (χ2n) is 11.3. The lowest BCUT2D eigenvalue weighted by molar-refractivity contribution is -0.142. The Bertz CT molecular complexity index is 1540. The molecule has 12 heteroatoms. The lowest BCUT2D eigenvalue weighted by atomic mass is 9.82. The van der Waals surface area contributed by atoms with Crippen LogP contribution in [-0.2, 0) is 25.6 Å². The SMILES string of the molecule is CC(=O)N1CCC2(CC1)CC(CC(NC(=O)C(Cc1ccccc1)NC(=O)c1cnc3ccccc3n1)C(=O)O)C(=O)N2. The number of hydrogen-bond acceptors (Lipinski definition) is 7. The number of fused-ring (bicyclic) bond motifs is 1. The van der Waals surface area contributed by atoms with Crippen LogP contribution in [0.1, 0.15) is 48.7 Å². The number of aliphatic carboxylic acids is 1. The highest BCUT2D eigenvalue weighted by molar-refractivity contribution is 5.98. The molecule has 2 aliphatic heterocycles. The average Bonchev–Trinajstić information content (AvgIpc) is 3.30. The molecule has 12 nitrogen and oxygen atoms in total. The number of carboxylic acid groups (broad SMARTS) is 1. The minimum Gasteiger partial charge on any atom is -0.480 e. The monoisotopic (exact) mass is 586 g/mol. The van der Waals surface area contributed by atoms with Crippen molar-refractivity contribution in [2.24, 2.45) is 5.92 Å². The van der Waals surface area contributed by atoms with Gasteiger partial charge in [-0.1, -0.05) is 42.5 Å². The molecule has 2 aliphatic rings. The van der Waals surface area contributed by atoms with Crippen molar-refractivity contribution in [2.45, 2.75) is 56.7 Å². The van der Waals surface area contributed by atoms with Gasteiger partial charge < -0.3 is 26.0 Å². The van der Waals surface area contributed by atoms with Crippen LogP contribution in [0.5, 0.6) is 0 Å². The Morgan fingerprint density at radius 2 is 1.67 bits per heavy atom. The number of benzene rings is 2. The average molecular weight is 587 g/mol. The van der Waals surface area contributed by atoms with E-state index in [1.807, 2.05) is 12.1 Å². The second kappa shape index (κ2) is 12.6. The van der Waals surface area contributed by atoms with Gasteiger partial charge in [-0.05, 0) is 43.4 Å². The van der Waals surface area contributed by atoms with Crippen molar-refractivity contribution in [3.63, 3.8) is 0 Å². The molecule has 5 rings (SSSR count). The van der Waals surface area contributed by atoms with Gasteiger partial charge in [-0.15, -0.1) is 0 Å². The highest BCUT2D eigenvalue weighted by Crippen LogP contribution is 2.36. The van der Waals surface area contributed by atoms with Crippen LogP contribution < -0.4 is 16.0 Å². The summed E-state index contributed by atoms with van der Waals surface area (Å²) in [6.07, 6.45) is 2.91. The molecule has 4 N–H and O–H groups in total. The molecule has 43 heavy (non-hydrogen) atoms. The summed E-state index contributed by atoms with van der Waals surface area (Å²) < 4.78 is 0. The number of carbonyl (C=O) groups excluding carboxylic acids is 4. The van der Waals surface area contributed by atoms with Crippen molar-refractivity contribution in [3.05, 3.63) is 72.1 Å². The summed E-state index contributed by atoms with van der Waals surface area (Å²) in [7, 11) is 0. The zero-order valence-corrected chi connectivity index (χ0v) is 23.8. The number of aromatic nitrogens is 2. The summed E-state index contributed by atoms with van der Waals surface area (Å²) in [6.45, 7) is 2.55. The highest BCUT2D eigenvalue weighted by atomic mass is 16.4. The van der Waals surface area contributed by atoms with Crippen molar-refractivity contribution in [1.82, 2.24) is 30.8 Å². The van der Waals surface area contributed by atoms with Crippen molar-refractivity contribution in [1.29, 1.82) is 0 Å². The van der Waals surface area contributed by atoms with Gasteiger partial charge in [0.2, 0.25) is 17.7 Å². The van der Waals surface area contributed by atoms with E-state index >= 15 is 0 Å². The summed E-state index contributed by atoms with van der Waals surface area (Å²) in [5.74, 6) is -3.51. The Kier molecular flexibility index (Phi) is 8.65. The molecule has 1 aromatic heterocycles. The first-order valence-electron chi connectivity index (χ1n) is 14.3. The standard InChI is InChI=1S/C31H34N6O6/c1-19(38)37-13-11-31(12-14-37)17-21(27(39)36-31)16-25(30(42)43)35-28(40)24(15-20-7-3-2-4-8-20)34-29(41)26-18-32-22-9-5-6-10-23(22)33-26/h2-10,18,21,24-25H,11-17H2,1H3,(H,34,41)(H,35,40)(H,36,39)(H,42,43). The van der Waals surface area contributed by atoms with Gasteiger partial charge in [0.25, 0.3) is 5.91 Å². The molecule has 0 bridgehead atoms. The van der Waals surface area contributed by atoms with E-state index < -0.39 is 41.3 Å². The Morgan fingerprint density at radius 3 is 2.35 bits per heavy atom. The highest BCUT2D eigenvalue weighted by Gasteiger charge is 2.47. The van der Waals surface area contributed by atoms with Crippen LogP contribution >= 0.6 is 0 Å². The topological polar surface area (TPSA) is 171 Å². The molecule has 4 amide bonds. The zero-order chi connectivity index (χ0) is 30.6. The van der Waals surface area contributed by atoms with E-state index in [1.54, 1.807) is 47.4 Å². The van der Waals surface area contributed by atoms with Crippen LogP contribution in [0.15, 0.2) is 60.8 Å². The van der Waals surface area contributed by atoms with Gasteiger partial charge in [0.05, 0.1) is 17.2 Å². The predicted octanol–water partition coefficient (Wildman–Crippen LogP) is 1.45. The zero-order valence-electron chi connectivity index (χ0n) is 23.8. The first kappa shape index (κ1) is 29.6. The number of carbonyl (C=O) groups is 5. The van der Waals surface area contributed by atoms with Crippen LogP contribution in [0.2, 0.25) is 0 Å². The first-order chi connectivity index (χ1) is 20.6. The molecule has 0 aliphatic carbocycles. The van der Waals surface area contributed by atoms with E-state index in [4.69, 9.17) is 0 Å². The molecule has 3 aromatic rings. The van der Waals surface area contributed by atoms with Crippen LogP contribution in [-0.4, -0.2) is 80.3 Å². The normalized spacial score (nSPS) is 19.0. The van der Waals surface area contributed by atoms with Crippen LogP contribution in [0.25, 0.3) is 11.0 Å². The fourth-order valence-corrected chi connectivity index (χ4v) is 5.88. The quantitative estimate of drug-likeness (QED) is 0.292. The summed E-state index contributed by atoms with van der Waals surface area (Å²) in [6, 6.07) is 13.6. The number of nitrogens with one attached hydrogen (secondary N) is 3. The van der Waals surface area contributed by atoms with Gasteiger partial charge in [-0.25, -0.2) is 9.78 Å². The maximum absolute atomic E-state index is 13.5. The third-order valence-electron chi connectivity index (χ3n) is 8.28. The fraction of sp³-hybridized carbons (Fsp3) is 0.387. The molecule has 2 fully saturated rings. The molecule has 224 valence electrons. The van der Waals surface area contributed by atoms with Gasteiger partial charge in [-0.2, -0.15) is 0 Å².